The number of nitrogens with zero attached hydrogens (tertiary/aromatic N) is 2. The van der Waals surface area contributed by atoms with Crippen LogP contribution < -0.4 is 11.4 Å². The van der Waals surface area contributed by atoms with Crippen LogP contribution in [-0.2, 0) is 46.3 Å². The fraction of sp³-hybridized carbons (Fsp3) is 0.682. The number of carbonyl (C=O) groups excluding carboxylic acids is 2. The second-order valence-electron chi connectivity index (χ2n) is 16.2. The Hall–Kier alpha value is -3.32. The van der Waals surface area contributed by atoms with Gasteiger partial charge in [-0.3, -0.25) is 23.2 Å². The Morgan fingerprint density at radius 2 is 1.49 bits per heavy atom. The largest absolute Gasteiger partial charge is 0.481 e. The van der Waals surface area contributed by atoms with Crippen LogP contribution in [0.5, 0.6) is 0 Å². The predicted octanol–water partition coefficient (Wildman–Crippen LogP) is 7.04. The molecule has 1 aliphatic heterocycles. The Bertz CT molecular complexity index is 1800. The minimum Gasteiger partial charge on any atom is -0.462 e. The maximum absolute atomic E-state index is 12.8. The van der Waals surface area contributed by atoms with Crippen LogP contribution in [0.4, 0.5) is 5.82 Å². The van der Waals surface area contributed by atoms with Crippen molar-refractivity contribution in [3.63, 3.8) is 0 Å². The number of carbonyl (C=O) groups is 2. The zero-order chi connectivity index (χ0) is 48.1. The molecule has 0 aliphatic carbocycles. The van der Waals surface area contributed by atoms with Crippen molar-refractivity contribution in [1.82, 2.24) is 9.55 Å². The predicted molar refractivity (Wildman–Crippen MR) is 244 cm³/mol. The van der Waals surface area contributed by atoms with Gasteiger partial charge in [-0.2, -0.15) is 9.29 Å². The van der Waals surface area contributed by atoms with Crippen LogP contribution in [0.15, 0.2) is 65.7 Å². The van der Waals surface area contributed by atoms with Gasteiger partial charge in [0.05, 0.1) is 19.3 Å². The van der Waals surface area contributed by atoms with Gasteiger partial charge in [-0.1, -0.05) is 127 Å². The lowest BCUT2D eigenvalue weighted by Gasteiger charge is -2.21. The molecule has 0 bridgehead atoms. The van der Waals surface area contributed by atoms with E-state index in [4.69, 9.17) is 29.0 Å². The highest BCUT2D eigenvalue weighted by atomic mass is 31.3. The number of phosphoric acid groups is 2. The van der Waals surface area contributed by atoms with Crippen LogP contribution in [0, 0.1) is 5.92 Å². The number of anilines is 1. The van der Waals surface area contributed by atoms with Gasteiger partial charge in [-0.05, 0) is 50.5 Å². The van der Waals surface area contributed by atoms with Crippen LogP contribution >= 0.6 is 15.6 Å². The molecular weight excluding hydrogens is 888 g/mol. The lowest BCUT2D eigenvalue weighted by molar-refractivity contribution is -0.161. The second kappa shape index (κ2) is 32.4. The van der Waals surface area contributed by atoms with Crippen LogP contribution in [0.1, 0.15) is 136 Å². The van der Waals surface area contributed by atoms with Crippen molar-refractivity contribution < 1.29 is 71.4 Å². The van der Waals surface area contributed by atoms with E-state index in [0.29, 0.717) is 31.6 Å². The summed E-state index contributed by atoms with van der Waals surface area (Å²) in [6.07, 6.45) is 21.7. The monoisotopic (exact) mass is 961 g/mol. The fourth-order valence-electron chi connectivity index (χ4n) is 6.36. The Morgan fingerprint density at radius 3 is 2.20 bits per heavy atom. The van der Waals surface area contributed by atoms with E-state index < -0.39 is 89.8 Å². The first kappa shape index (κ1) is 57.8. The quantitative estimate of drug-likeness (QED) is 0.0131. The number of rotatable bonds is 35. The highest BCUT2D eigenvalue weighted by Crippen LogP contribution is 2.60. The van der Waals surface area contributed by atoms with Crippen LogP contribution in [0.25, 0.3) is 0 Å². The van der Waals surface area contributed by atoms with E-state index in [9.17, 15) is 48.6 Å². The normalized spacial score (nSPS) is 20.8. The van der Waals surface area contributed by atoms with Crippen LogP contribution in [0.2, 0.25) is 0 Å². The first-order valence-electron chi connectivity index (χ1n) is 22.6. The third kappa shape index (κ3) is 26.6. The molecule has 2 unspecified atom stereocenters. The number of aliphatic hydroxyl groups is 3. The summed E-state index contributed by atoms with van der Waals surface area (Å²) in [5, 5.41) is 30.7. The number of esters is 2. The standard InChI is InChI=1S/C44H73N3O16P2/c1-4-5-19-25-35(48)26-21-16-11-9-7-6-8-10-12-17-22-27-39(49)58-31-36(61-40(50)28-23-18-14-13-15-20-24-34(2)3)32-59-64(54,55)63-65(56,57)60-33-37-41(51)42(52)43(62-37)47-30-29-38(45)46-44(47)53/h6-7,10-12,16,21,26,29-30,34-37,41-43,48,51-52H,4-5,8-9,13-15,17-20,22-25,27-28,31-33H2,1-3H3,(H,54,55)(H,56,57)(H2,45,46,53)/b7-6-,12-10-,16-11-,26-21+/t35-,36-,37-,41-,42-,43-/m1/s1. The molecule has 1 fully saturated rings. The number of aromatic nitrogens is 2. The molecule has 0 saturated carbocycles. The number of nitrogen functional groups attached to an aromatic ring is 1. The SMILES string of the molecule is CCCCC[C@@H](O)/C=C/C=C\C/C=C\C/C=C\CCCC(=O)OC[C@H](COP(=O)(O)OP(=O)(O)OC[C@H]1O[C@@H](n2ccc(N)nc2=O)[C@H](O)[C@@H]1O)OC(=O)CCCCCCCCC(C)C. The number of allylic oxidation sites excluding steroid dienone is 7. The van der Waals surface area contributed by atoms with Gasteiger partial charge in [0.2, 0.25) is 0 Å². The minimum atomic E-state index is -5.43. The molecule has 0 amide bonds. The zero-order valence-corrected chi connectivity index (χ0v) is 39.8. The summed E-state index contributed by atoms with van der Waals surface area (Å²) in [6.45, 7) is 4.11. The molecule has 370 valence electrons. The molecule has 1 aromatic rings. The maximum atomic E-state index is 12.8. The van der Waals surface area contributed by atoms with E-state index in [0.717, 1.165) is 81.4 Å². The first-order valence-corrected chi connectivity index (χ1v) is 25.6. The lowest BCUT2D eigenvalue weighted by Crippen LogP contribution is -2.36. The van der Waals surface area contributed by atoms with Crippen molar-refractivity contribution in [3.8, 4) is 0 Å². The summed E-state index contributed by atoms with van der Waals surface area (Å²) in [7, 11) is -10.9. The molecule has 2 heterocycles. The average molecular weight is 962 g/mol. The van der Waals surface area contributed by atoms with Crippen molar-refractivity contribution in [2.45, 2.75) is 167 Å². The highest BCUT2D eigenvalue weighted by molar-refractivity contribution is 7.61. The van der Waals surface area contributed by atoms with Crippen molar-refractivity contribution in [2.75, 3.05) is 25.6 Å². The topological polar surface area (TPSA) is 286 Å². The van der Waals surface area contributed by atoms with Gasteiger partial charge >= 0.3 is 33.3 Å². The second-order valence-corrected chi connectivity index (χ2v) is 19.3. The molecular formula is C44H73N3O16P2. The Balaban J connectivity index is 1.85. The summed E-state index contributed by atoms with van der Waals surface area (Å²) in [5.41, 5.74) is 4.56. The number of nitrogens with two attached hydrogens (primary N) is 1. The summed E-state index contributed by atoms with van der Waals surface area (Å²) in [5.74, 6) is -0.755. The van der Waals surface area contributed by atoms with Gasteiger partial charge in [0.25, 0.3) is 0 Å². The average Bonchev–Trinajstić information content (AvgIpc) is 3.52. The molecule has 19 nitrogen and oxygen atoms in total. The molecule has 65 heavy (non-hydrogen) atoms. The summed E-state index contributed by atoms with van der Waals surface area (Å²) < 4.78 is 56.4. The smallest absolute Gasteiger partial charge is 0.462 e. The molecule has 0 radical (unpaired) electrons. The molecule has 1 saturated heterocycles. The number of hydrogen-bond donors (Lipinski definition) is 6. The van der Waals surface area contributed by atoms with E-state index in [1.807, 2.05) is 42.5 Å². The van der Waals surface area contributed by atoms with Gasteiger partial charge in [0.1, 0.15) is 30.7 Å². The van der Waals surface area contributed by atoms with Crippen molar-refractivity contribution >= 4 is 33.4 Å². The summed E-state index contributed by atoms with van der Waals surface area (Å²) in [4.78, 5) is 61.5. The molecule has 0 aromatic carbocycles. The molecule has 2 rings (SSSR count). The molecule has 0 spiro atoms. The highest BCUT2D eigenvalue weighted by Gasteiger charge is 2.46. The van der Waals surface area contributed by atoms with Crippen molar-refractivity contribution in [3.05, 3.63) is 71.4 Å². The van der Waals surface area contributed by atoms with Gasteiger partial charge in [0, 0.05) is 19.0 Å². The molecule has 21 heteroatoms. The number of hydrogen-bond acceptors (Lipinski definition) is 16. The Kier molecular flexibility index (Phi) is 28.8. The van der Waals surface area contributed by atoms with E-state index in [1.54, 1.807) is 6.08 Å². The van der Waals surface area contributed by atoms with Crippen molar-refractivity contribution in [1.29, 1.82) is 0 Å². The van der Waals surface area contributed by atoms with Gasteiger partial charge < -0.3 is 45.1 Å². The van der Waals surface area contributed by atoms with E-state index >= 15 is 0 Å². The van der Waals surface area contributed by atoms with E-state index in [1.165, 1.54) is 6.07 Å². The fourth-order valence-corrected chi connectivity index (χ4v) is 8.47. The number of phosphoric ester groups is 2. The van der Waals surface area contributed by atoms with Gasteiger partial charge in [-0.25, -0.2) is 13.9 Å². The van der Waals surface area contributed by atoms with Gasteiger partial charge in [0.15, 0.2) is 12.3 Å². The maximum Gasteiger partial charge on any atom is 0.481 e. The summed E-state index contributed by atoms with van der Waals surface area (Å²) >= 11 is 0. The van der Waals surface area contributed by atoms with Crippen LogP contribution in [0.3, 0.4) is 0 Å². The number of aliphatic hydroxyl groups excluding tert-OH is 3. The molecule has 7 N–H and O–H groups in total. The van der Waals surface area contributed by atoms with Gasteiger partial charge in [-0.15, -0.1) is 0 Å². The zero-order valence-electron chi connectivity index (χ0n) is 38.1. The number of ether oxygens (including phenoxy) is 3. The minimum absolute atomic E-state index is 0.0252. The Labute approximate surface area is 382 Å². The molecule has 8 atom stereocenters. The molecule has 1 aromatic heterocycles. The van der Waals surface area contributed by atoms with E-state index in [-0.39, 0.29) is 18.7 Å². The Morgan fingerprint density at radius 1 is 0.846 bits per heavy atom. The van der Waals surface area contributed by atoms with E-state index in [2.05, 4.69) is 30.1 Å². The first-order chi connectivity index (χ1) is 30.9. The third-order valence-corrected chi connectivity index (χ3v) is 12.6. The third-order valence-electron chi connectivity index (χ3n) is 9.95. The lowest BCUT2D eigenvalue weighted by atomic mass is 10.0. The number of unbranched alkanes of at least 4 members (excludes halogenated alkanes) is 8. The summed E-state index contributed by atoms with van der Waals surface area (Å²) in [6, 6.07) is 1.24. The van der Waals surface area contributed by atoms with Crippen LogP contribution in [-0.4, -0.2) is 96.9 Å². The van der Waals surface area contributed by atoms with Crippen molar-refractivity contribution in [2.24, 2.45) is 5.92 Å². The molecule has 1 aliphatic rings.